The maximum absolute atomic E-state index is 12.5. The smallest absolute Gasteiger partial charge is 0.265 e. The van der Waals surface area contributed by atoms with Crippen molar-refractivity contribution < 1.29 is 14.3 Å². The fourth-order valence-electron chi connectivity index (χ4n) is 4.09. The van der Waals surface area contributed by atoms with Gasteiger partial charge in [0.25, 0.3) is 5.91 Å². The highest BCUT2D eigenvalue weighted by atomic mass is 16.5. The summed E-state index contributed by atoms with van der Waals surface area (Å²) in [7, 11) is 0. The number of amides is 2. The molecule has 2 bridgehead atoms. The molecule has 1 aliphatic heterocycles. The Hall–Kier alpha value is -2.04. The van der Waals surface area contributed by atoms with Crippen LogP contribution in [0.25, 0.3) is 0 Å². The van der Waals surface area contributed by atoms with Crippen molar-refractivity contribution >= 4 is 23.2 Å². The van der Waals surface area contributed by atoms with E-state index in [4.69, 9.17) is 4.74 Å². The molecule has 4 atom stereocenters. The first-order chi connectivity index (χ1) is 10.6. The SMILES string of the molecule is C[C@@H]1Oc2ccc(NC(=O)[C@@H]3C[C@H]4CC[C@H]3C4)cc2NC1=O. The minimum Gasteiger partial charge on any atom is -0.479 e. The van der Waals surface area contributed by atoms with Gasteiger partial charge in [0.1, 0.15) is 5.75 Å². The average Bonchev–Trinajstić information content (AvgIpc) is 3.11. The Morgan fingerprint density at radius 2 is 2.18 bits per heavy atom. The maximum Gasteiger partial charge on any atom is 0.265 e. The van der Waals surface area contributed by atoms with Crippen LogP contribution in [0, 0.1) is 17.8 Å². The van der Waals surface area contributed by atoms with E-state index in [1.54, 1.807) is 19.1 Å². The Bertz CT molecular complexity index is 643. The van der Waals surface area contributed by atoms with Crippen molar-refractivity contribution in [3.05, 3.63) is 18.2 Å². The Morgan fingerprint density at radius 1 is 1.32 bits per heavy atom. The number of hydrogen-bond donors (Lipinski definition) is 2. The average molecular weight is 300 g/mol. The summed E-state index contributed by atoms with van der Waals surface area (Å²) in [5, 5.41) is 5.80. The van der Waals surface area contributed by atoms with Crippen LogP contribution in [0.1, 0.15) is 32.6 Å². The summed E-state index contributed by atoms with van der Waals surface area (Å²) < 4.78 is 5.52. The van der Waals surface area contributed by atoms with Gasteiger partial charge in [-0.05, 0) is 56.2 Å². The summed E-state index contributed by atoms with van der Waals surface area (Å²) in [6.07, 6.45) is 4.23. The van der Waals surface area contributed by atoms with Crippen LogP contribution in [0.3, 0.4) is 0 Å². The molecule has 2 aliphatic carbocycles. The summed E-state index contributed by atoms with van der Waals surface area (Å²) in [5.74, 6) is 2.06. The zero-order chi connectivity index (χ0) is 15.3. The van der Waals surface area contributed by atoms with Gasteiger partial charge in [-0.15, -0.1) is 0 Å². The first-order valence-corrected chi connectivity index (χ1v) is 8.02. The highest BCUT2D eigenvalue weighted by molar-refractivity contribution is 5.99. The second kappa shape index (κ2) is 5.00. The summed E-state index contributed by atoms with van der Waals surface area (Å²) in [5.41, 5.74) is 1.33. The third kappa shape index (κ3) is 2.25. The van der Waals surface area contributed by atoms with E-state index in [0.29, 0.717) is 23.0 Å². The number of fused-ring (bicyclic) bond motifs is 3. The second-order valence-electron chi connectivity index (χ2n) is 6.73. The first-order valence-electron chi connectivity index (χ1n) is 8.02. The van der Waals surface area contributed by atoms with E-state index in [1.165, 1.54) is 19.3 Å². The van der Waals surface area contributed by atoms with Gasteiger partial charge in [0.05, 0.1) is 5.69 Å². The van der Waals surface area contributed by atoms with Gasteiger partial charge in [0, 0.05) is 11.6 Å². The normalized spacial score (nSPS) is 32.1. The standard InChI is InChI=1S/C17H20N2O3/c1-9-16(20)19-14-8-12(4-5-15(14)22-9)18-17(21)13-7-10-2-3-11(13)6-10/h4-5,8-11,13H,2-3,6-7H2,1H3,(H,18,21)(H,19,20)/t9-,10-,11-,13+/m0/s1. The van der Waals surface area contributed by atoms with Gasteiger partial charge < -0.3 is 15.4 Å². The number of anilines is 2. The Balaban J connectivity index is 1.48. The molecule has 1 aromatic carbocycles. The van der Waals surface area contributed by atoms with Crippen molar-refractivity contribution in [1.82, 2.24) is 0 Å². The lowest BCUT2D eigenvalue weighted by molar-refractivity contribution is -0.123. The van der Waals surface area contributed by atoms with E-state index in [-0.39, 0.29) is 17.7 Å². The molecule has 2 amide bonds. The Labute approximate surface area is 129 Å². The molecule has 0 radical (unpaired) electrons. The van der Waals surface area contributed by atoms with Crippen molar-refractivity contribution in [2.24, 2.45) is 17.8 Å². The molecule has 1 heterocycles. The fraction of sp³-hybridized carbons (Fsp3) is 0.529. The molecular weight excluding hydrogens is 280 g/mol. The third-order valence-corrected chi connectivity index (χ3v) is 5.25. The Morgan fingerprint density at radius 3 is 2.91 bits per heavy atom. The lowest BCUT2D eigenvalue weighted by Gasteiger charge is -2.24. The van der Waals surface area contributed by atoms with E-state index in [0.717, 1.165) is 12.3 Å². The lowest BCUT2D eigenvalue weighted by Crippen LogP contribution is -2.34. The molecule has 2 saturated carbocycles. The summed E-state index contributed by atoms with van der Waals surface area (Å²) in [6.45, 7) is 1.71. The summed E-state index contributed by atoms with van der Waals surface area (Å²) in [4.78, 5) is 24.1. The van der Waals surface area contributed by atoms with Gasteiger partial charge in [-0.3, -0.25) is 9.59 Å². The topological polar surface area (TPSA) is 67.4 Å². The largest absolute Gasteiger partial charge is 0.479 e. The molecule has 0 spiro atoms. The highest BCUT2D eigenvalue weighted by Gasteiger charge is 2.43. The van der Waals surface area contributed by atoms with Crippen molar-refractivity contribution in [1.29, 1.82) is 0 Å². The van der Waals surface area contributed by atoms with Crippen molar-refractivity contribution in [3.8, 4) is 5.75 Å². The van der Waals surface area contributed by atoms with Crippen LogP contribution in [-0.4, -0.2) is 17.9 Å². The number of benzene rings is 1. The molecule has 3 aliphatic rings. The van der Waals surface area contributed by atoms with E-state index in [9.17, 15) is 9.59 Å². The van der Waals surface area contributed by atoms with Crippen molar-refractivity contribution in [3.63, 3.8) is 0 Å². The monoisotopic (exact) mass is 300 g/mol. The molecule has 1 aromatic rings. The molecule has 0 aromatic heterocycles. The van der Waals surface area contributed by atoms with Crippen molar-refractivity contribution in [2.45, 2.75) is 38.7 Å². The molecule has 2 fully saturated rings. The fourth-order valence-corrected chi connectivity index (χ4v) is 4.09. The number of hydrogen-bond acceptors (Lipinski definition) is 3. The molecule has 2 N–H and O–H groups in total. The van der Waals surface area contributed by atoms with E-state index in [2.05, 4.69) is 10.6 Å². The van der Waals surface area contributed by atoms with Crippen LogP contribution in [0.15, 0.2) is 18.2 Å². The van der Waals surface area contributed by atoms with Crippen LogP contribution in [0.5, 0.6) is 5.75 Å². The summed E-state index contributed by atoms with van der Waals surface area (Å²) in [6, 6.07) is 5.39. The van der Waals surface area contributed by atoms with Gasteiger partial charge in [-0.25, -0.2) is 0 Å². The number of carbonyl (C=O) groups excluding carboxylic acids is 2. The second-order valence-corrected chi connectivity index (χ2v) is 6.73. The molecule has 5 heteroatoms. The van der Waals surface area contributed by atoms with E-state index < -0.39 is 6.10 Å². The van der Waals surface area contributed by atoms with Gasteiger partial charge in [0.15, 0.2) is 6.10 Å². The number of nitrogens with one attached hydrogen (secondary N) is 2. The van der Waals surface area contributed by atoms with Crippen LogP contribution in [0.4, 0.5) is 11.4 Å². The predicted molar refractivity (Wildman–Crippen MR) is 82.7 cm³/mol. The Kier molecular flexibility index (Phi) is 3.10. The van der Waals surface area contributed by atoms with E-state index in [1.807, 2.05) is 6.07 Å². The first kappa shape index (κ1) is 13.6. The predicted octanol–water partition coefficient (Wildman–Crippen LogP) is 2.78. The zero-order valence-corrected chi connectivity index (χ0v) is 12.6. The molecule has 5 nitrogen and oxygen atoms in total. The van der Waals surface area contributed by atoms with Crippen LogP contribution in [-0.2, 0) is 9.59 Å². The molecule has 116 valence electrons. The van der Waals surface area contributed by atoms with Crippen LogP contribution >= 0.6 is 0 Å². The number of rotatable bonds is 2. The van der Waals surface area contributed by atoms with E-state index >= 15 is 0 Å². The molecular formula is C17H20N2O3. The molecule has 4 rings (SSSR count). The van der Waals surface area contributed by atoms with Crippen LogP contribution < -0.4 is 15.4 Å². The molecule has 0 unspecified atom stereocenters. The minimum absolute atomic E-state index is 0.114. The van der Waals surface area contributed by atoms with Gasteiger partial charge >= 0.3 is 0 Å². The lowest BCUT2D eigenvalue weighted by atomic mass is 9.88. The zero-order valence-electron chi connectivity index (χ0n) is 12.6. The van der Waals surface area contributed by atoms with Crippen LogP contribution in [0.2, 0.25) is 0 Å². The third-order valence-electron chi connectivity index (χ3n) is 5.25. The highest BCUT2D eigenvalue weighted by Crippen LogP contribution is 2.48. The minimum atomic E-state index is -0.484. The number of ether oxygens (including phenoxy) is 1. The van der Waals surface area contributed by atoms with Gasteiger partial charge in [-0.1, -0.05) is 6.42 Å². The quantitative estimate of drug-likeness (QED) is 0.882. The number of carbonyl (C=O) groups is 2. The van der Waals surface area contributed by atoms with Gasteiger partial charge in [0.2, 0.25) is 5.91 Å². The van der Waals surface area contributed by atoms with Crippen molar-refractivity contribution in [2.75, 3.05) is 10.6 Å². The van der Waals surface area contributed by atoms with Gasteiger partial charge in [-0.2, -0.15) is 0 Å². The molecule has 0 saturated heterocycles. The summed E-state index contributed by atoms with van der Waals surface area (Å²) >= 11 is 0. The molecule has 22 heavy (non-hydrogen) atoms. The maximum atomic E-state index is 12.5.